The molecule has 2 rings (SSSR count). The number of halogens is 3. The van der Waals surface area contributed by atoms with Crippen LogP contribution in [0, 0.1) is 13.8 Å². The highest BCUT2D eigenvalue weighted by atomic mass is 19.4. The fraction of sp³-hybridized carbons (Fsp3) is 0.333. The van der Waals surface area contributed by atoms with Gasteiger partial charge in [-0.15, -0.1) is 0 Å². The Labute approximate surface area is 157 Å². The lowest BCUT2D eigenvalue weighted by Gasteiger charge is -2.12. The summed E-state index contributed by atoms with van der Waals surface area (Å²) in [5, 5.41) is 0. The second-order valence-corrected chi connectivity index (χ2v) is 6.57. The van der Waals surface area contributed by atoms with E-state index < -0.39 is 11.7 Å². The van der Waals surface area contributed by atoms with Crippen LogP contribution in [0.3, 0.4) is 0 Å². The SMILES string of the molecule is CCN(C)C=Nc1cc(C)c(C(=O)Cc2cccc(C(F)(F)F)c2)cc1C. The van der Waals surface area contributed by atoms with Gasteiger partial charge >= 0.3 is 6.18 Å². The predicted molar refractivity (Wildman–Crippen MR) is 102 cm³/mol. The number of nitrogens with zero attached hydrogens (tertiary/aromatic N) is 2. The zero-order valence-electron chi connectivity index (χ0n) is 15.9. The van der Waals surface area contributed by atoms with Gasteiger partial charge in [-0.25, -0.2) is 4.99 Å². The first kappa shape index (κ1) is 20.7. The molecule has 144 valence electrons. The van der Waals surface area contributed by atoms with E-state index in [0.717, 1.165) is 35.5 Å². The number of carbonyl (C=O) groups excluding carboxylic acids is 1. The molecule has 0 amide bonds. The quantitative estimate of drug-likeness (QED) is 0.386. The lowest BCUT2D eigenvalue weighted by Crippen LogP contribution is -2.14. The van der Waals surface area contributed by atoms with Crippen molar-refractivity contribution in [3.05, 3.63) is 64.2 Å². The zero-order chi connectivity index (χ0) is 20.2. The van der Waals surface area contributed by atoms with E-state index in [4.69, 9.17) is 0 Å². The second-order valence-electron chi connectivity index (χ2n) is 6.57. The van der Waals surface area contributed by atoms with Crippen LogP contribution in [0.4, 0.5) is 18.9 Å². The third kappa shape index (κ3) is 5.42. The Morgan fingerprint density at radius 2 is 1.85 bits per heavy atom. The molecular formula is C21H23F3N2O. The van der Waals surface area contributed by atoms with Crippen molar-refractivity contribution in [1.29, 1.82) is 0 Å². The third-order valence-electron chi connectivity index (χ3n) is 4.36. The number of rotatable bonds is 6. The van der Waals surface area contributed by atoms with Crippen molar-refractivity contribution >= 4 is 17.8 Å². The van der Waals surface area contributed by atoms with Gasteiger partial charge in [0.1, 0.15) is 0 Å². The van der Waals surface area contributed by atoms with E-state index in [1.54, 1.807) is 19.3 Å². The Morgan fingerprint density at radius 1 is 1.15 bits per heavy atom. The van der Waals surface area contributed by atoms with Crippen LogP contribution in [0.15, 0.2) is 41.4 Å². The molecule has 27 heavy (non-hydrogen) atoms. The first-order chi connectivity index (χ1) is 12.6. The number of benzene rings is 2. The van der Waals surface area contributed by atoms with Crippen LogP contribution >= 0.6 is 0 Å². The summed E-state index contributed by atoms with van der Waals surface area (Å²) >= 11 is 0. The Hall–Kier alpha value is -2.63. The van der Waals surface area contributed by atoms with Gasteiger partial charge in [-0.2, -0.15) is 13.2 Å². The number of carbonyl (C=O) groups is 1. The Balaban J connectivity index is 2.25. The van der Waals surface area contributed by atoms with Crippen molar-refractivity contribution in [3.8, 4) is 0 Å². The largest absolute Gasteiger partial charge is 0.416 e. The number of aliphatic imine (C=N–C) groups is 1. The average Bonchev–Trinajstić information content (AvgIpc) is 2.61. The molecule has 0 aliphatic heterocycles. The molecule has 0 N–H and O–H groups in total. The first-order valence-electron chi connectivity index (χ1n) is 8.66. The predicted octanol–water partition coefficient (Wildman–Crippen LogP) is 5.36. The normalized spacial score (nSPS) is 11.8. The maximum absolute atomic E-state index is 12.8. The molecule has 6 heteroatoms. The second kappa shape index (κ2) is 8.37. The van der Waals surface area contributed by atoms with Crippen molar-refractivity contribution in [1.82, 2.24) is 4.90 Å². The van der Waals surface area contributed by atoms with Crippen LogP contribution in [0.5, 0.6) is 0 Å². The molecule has 0 spiro atoms. The third-order valence-corrected chi connectivity index (χ3v) is 4.36. The van der Waals surface area contributed by atoms with Crippen LogP contribution in [-0.4, -0.2) is 30.6 Å². The van der Waals surface area contributed by atoms with Gasteiger partial charge in [0.05, 0.1) is 17.6 Å². The number of aryl methyl sites for hydroxylation is 2. The number of ketones is 1. The summed E-state index contributed by atoms with van der Waals surface area (Å²) in [5.41, 5.74) is 2.47. The van der Waals surface area contributed by atoms with Crippen LogP contribution in [0.25, 0.3) is 0 Å². The molecule has 0 atom stereocenters. The van der Waals surface area contributed by atoms with E-state index in [1.807, 2.05) is 31.9 Å². The molecule has 0 heterocycles. The number of alkyl halides is 3. The lowest BCUT2D eigenvalue weighted by molar-refractivity contribution is -0.137. The van der Waals surface area contributed by atoms with Crippen molar-refractivity contribution in [2.75, 3.05) is 13.6 Å². The molecule has 0 saturated heterocycles. The highest BCUT2D eigenvalue weighted by Crippen LogP contribution is 2.30. The molecule has 0 aliphatic rings. The maximum atomic E-state index is 12.8. The summed E-state index contributed by atoms with van der Waals surface area (Å²) in [6.07, 6.45) is -2.77. The molecule has 0 fully saturated rings. The standard InChI is InChI=1S/C21H23F3N2O/c1-5-26(4)13-25-19-10-14(2)18(9-15(19)3)20(27)12-16-7-6-8-17(11-16)21(22,23)24/h6-11,13H,5,12H2,1-4H3. The van der Waals surface area contributed by atoms with Gasteiger partial charge in [0.25, 0.3) is 0 Å². The van der Waals surface area contributed by atoms with Gasteiger partial charge < -0.3 is 4.90 Å². The van der Waals surface area contributed by atoms with Gasteiger partial charge in [-0.1, -0.05) is 18.2 Å². The molecular weight excluding hydrogens is 353 g/mol. The molecule has 2 aromatic rings. The highest BCUT2D eigenvalue weighted by Gasteiger charge is 2.30. The Bertz CT molecular complexity index is 857. The van der Waals surface area contributed by atoms with Gasteiger partial charge in [-0.05, 0) is 55.7 Å². The molecule has 2 aromatic carbocycles. The van der Waals surface area contributed by atoms with Crippen LogP contribution in [-0.2, 0) is 12.6 Å². The van der Waals surface area contributed by atoms with Crippen molar-refractivity contribution in [2.45, 2.75) is 33.4 Å². The summed E-state index contributed by atoms with van der Waals surface area (Å²) in [5.74, 6) is -0.212. The molecule has 3 nitrogen and oxygen atoms in total. The first-order valence-corrected chi connectivity index (χ1v) is 8.66. The fourth-order valence-electron chi connectivity index (χ4n) is 2.62. The molecule has 0 bridgehead atoms. The summed E-state index contributed by atoms with van der Waals surface area (Å²) < 4.78 is 38.5. The Morgan fingerprint density at radius 3 is 2.48 bits per heavy atom. The minimum absolute atomic E-state index is 0.0780. The summed E-state index contributed by atoms with van der Waals surface area (Å²) in [6, 6.07) is 8.47. The molecule has 0 aliphatic carbocycles. The van der Waals surface area contributed by atoms with E-state index in [0.29, 0.717) is 11.1 Å². The van der Waals surface area contributed by atoms with E-state index >= 15 is 0 Å². The van der Waals surface area contributed by atoms with Crippen molar-refractivity contribution in [3.63, 3.8) is 0 Å². The smallest absolute Gasteiger partial charge is 0.366 e. The van der Waals surface area contributed by atoms with E-state index in [2.05, 4.69) is 4.99 Å². The highest BCUT2D eigenvalue weighted by molar-refractivity contribution is 5.99. The van der Waals surface area contributed by atoms with Gasteiger partial charge in [0, 0.05) is 25.6 Å². The number of hydrogen-bond acceptors (Lipinski definition) is 2. The van der Waals surface area contributed by atoms with E-state index in [1.165, 1.54) is 12.1 Å². The van der Waals surface area contributed by atoms with Crippen LogP contribution < -0.4 is 0 Å². The van der Waals surface area contributed by atoms with Gasteiger partial charge in [0.2, 0.25) is 0 Å². The molecule has 0 unspecified atom stereocenters. The summed E-state index contributed by atoms with van der Waals surface area (Å²) in [7, 11) is 1.92. The summed E-state index contributed by atoms with van der Waals surface area (Å²) in [4.78, 5) is 19.0. The van der Waals surface area contributed by atoms with Gasteiger partial charge in [-0.3, -0.25) is 4.79 Å². The number of hydrogen-bond donors (Lipinski definition) is 0. The maximum Gasteiger partial charge on any atom is 0.416 e. The molecule has 0 saturated carbocycles. The minimum atomic E-state index is -4.42. The fourth-order valence-corrected chi connectivity index (χ4v) is 2.62. The van der Waals surface area contributed by atoms with Gasteiger partial charge in [0.15, 0.2) is 5.78 Å². The van der Waals surface area contributed by atoms with Crippen molar-refractivity contribution in [2.24, 2.45) is 4.99 Å². The Kier molecular flexibility index (Phi) is 6.41. The van der Waals surface area contributed by atoms with E-state index in [-0.39, 0.29) is 12.2 Å². The summed E-state index contributed by atoms with van der Waals surface area (Å²) in [6.45, 7) is 6.51. The molecule has 0 radical (unpaired) electrons. The van der Waals surface area contributed by atoms with E-state index in [9.17, 15) is 18.0 Å². The topological polar surface area (TPSA) is 32.7 Å². The monoisotopic (exact) mass is 376 g/mol. The number of Topliss-reactive ketones (excluding diaryl/α,β-unsaturated/α-hetero) is 1. The zero-order valence-corrected chi connectivity index (χ0v) is 15.9. The lowest BCUT2D eigenvalue weighted by atomic mass is 9.96. The van der Waals surface area contributed by atoms with Crippen LogP contribution in [0.1, 0.15) is 39.5 Å². The average molecular weight is 376 g/mol. The van der Waals surface area contributed by atoms with Crippen LogP contribution in [0.2, 0.25) is 0 Å². The molecule has 0 aromatic heterocycles. The van der Waals surface area contributed by atoms with Crippen molar-refractivity contribution < 1.29 is 18.0 Å². The minimum Gasteiger partial charge on any atom is -0.366 e.